The van der Waals surface area contributed by atoms with E-state index in [1.165, 1.54) is 0 Å². The van der Waals surface area contributed by atoms with E-state index in [-0.39, 0.29) is 5.75 Å². The minimum atomic E-state index is -3.31. The molecule has 2 N–H and O–H groups in total. The van der Waals surface area contributed by atoms with Crippen LogP contribution < -0.4 is 4.72 Å². The fourth-order valence-corrected chi connectivity index (χ4v) is 2.70. The molecular weight excluding hydrogens is 330 g/mol. The number of sulfonamides is 1. The molecule has 0 saturated carbocycles. The van der Waals surface area contributed by atoms with Gasteiger partial charge in [-0.05, 0) is 42.0 Å². The van der Waals surface area contributed by atoms with E-state index in [1.807, 2.05) is 0 Å². The van der Waals surface area contributed by atoms with Crippen LogP contribution >= 0.6 is 0 Å². The molecule has 0 bridgehead atoms. The summed E-state index contributed by atoms with van der Waals surface area (Å²) in [6, 6.07) is 13.4. The minimum absolute atomic E-state index is 0.202. The van der Waals surface area contributed by atoms with Crippen LogP contribution in [0.4, 0.5) is 5.69 Å². The Morgan fingerprint density at radius 3 is 2.38 bits per heavy atom. The number of benzene rings is 2. The van der Waals surface area contributed by atoms with Gasteiger partial charge in [-0.1, -0.05) is 17.3 Å². The highest BCUT2D eigenvalue weighted by Crippen LogP contribution is 2.20. The van der Waals surface area contributed by atoms with Crippen LogP contribution in [0.1, 0.15) is 11.5 Å². The number of nitrogens with zero attached hydrogens (tertiary/aromatic N) is 2. The summed E-state index contributed by atoms with van der Waals surface area (Å²) in [7, 11) is -3.31. The SMILES string of the molecule is CS(=O)(=O)Nc1ccc(-c2noc(Cc3ccc(O)cc3)n2)cc1. The summed E-state index contributed by atoms with van der Waals surface area (Å²) in [5.74, 6) is 1.08. The fraction of sp³-hybridized carbons (Fsp3) is 0.125. The average molecular weight is 345 g/mol. The molecule has 7 nitrogen and oxygen atoms in total. The molecule has 0 aliphatic heterocycles. The molecule has 1 aromatic heterocycles. The molecule has 0 spiro atoms. The van der Waals surface area contributed by atoms with Crippen LogP contribution in [0.15, 0.2) is 53.1 Å². The third kappa shape index (κ3) is 4.11. The zero-order chi connectivity index (χ0) is 17.2. The maximum atomic E-state index is 11.2. The molecule has 0 fully saturated rings. The van der Waals surface area contributed by atoms with Crippen LogP contribution in [0.5, 0.6) is 5.75 Å². The van der Waals surface area contributed by atoms with Crippen LogP contribution in [0, 0.1) is 0 Å². The largest absolute Gasteiger partial charge is 0.508 e. The summed E-state index contributed by atoms with van der Waals surface area (Å²) >= 11 is 0. The summed E-state index contributed by atoms with van der Waals surface area (Å²) in [5.41, 5.74) is 2.12. The number of aromatic nitrogens is 2. The maximum Gasteiger partial charge on any atom is 0.231 e. The lowest BCUT2D eigenvalue weighted by atomic mass is 10.1. The van der Waals surface area contributed by atoms with Crippen molar-refractivity contribution in [2.45, 2.75) is 6.42 Å². The molecule has 8 heteroatoms. The molecular formula is C16H15N3O4S. The number of phenolic OH excluding ortho intramolecular Hbond substituents is 1. The second kappa shape index (κ2) is 6.32. The van der Waals surface area contributed by atoms with E-state index in [4.69, 9.17) is 4.52 Å². The van der Waals surface area contributed by atoms with Crippen LogP contribution in [0.25, 0.3) is 11.4 Å². The van der Waals surface area contributed by atoms with Gasteiger partial charge in [0.15, 0.2) is 0 Å². The van der Waals surface area contributed by atoms with Gasteiger partial charge in [0.05, 0.1) is 12.7 Å². The Morgan fingerprint density at radius 2 is 1.75 bits per heavy atom. The second-order valence-electron chi connectivity index (χ2n) is 5.31. The highest BCUT2D eigenvalue weighted by molar-refractivity contribution is 7.92. The van der Waals surface area contributed by atoms with Crippen molar-refractivity contribution in [2.24, 2.45) is 0 Å². The lowest BCUT2D eigenvalue weighted by Gasteiger charge is -2.03. The van der Waals surface area contributed by atoms with E-state index in [2.05, 4.69) is 14.9 Å². The van der Waals surface area contributed by atoms with Gasteiger partial charge in [-0.2, -0.15) is 4.98 Å². The first-order valence-corrected chi connectivity index (χ1v) is 8.97. The first kappa shape index (κ1) is 16.0. The number of hydrogen-bond donors (Lipinski definition) is 2. The van der Waals surface area contributed by atoms with Gasteiger partial charge < -0.3 is 9.63 Å². The first-order valence-electron chi connectivity index (χ1n) is 7.08. The molecule has 0 aliphatic rings. The number of hydrogen-bond acceptors (Lipinski definition) is 6. The van der Waals surface area contributed by atoms with Crippen molar-refractivity contribution in [1.29, 1.82) is 0 Å². The molecule has 0 unspecified atom stereocenters. The molecule has 3 rings (SSSR count). The third-order valence-electron chi connectivity index (χ3n) is 3.21. The molecule has 0 radical (unpaired) electrons. The van der Waals surface area contributed by atoms with Crippen LogP contribution in [0.3, 0.4) is 0 Å². The van der Waals surface area contributed by atoms with E-state index in [0.29, 0.717) is 23.8 Å². The number of nitrogens with one attached hydrogen (secondary N) is 1. The summed E-state index contributed by atoms with van der Waals surface area (Å²) in [6.45, 7) is 0. The van der Waals surface area contributed by atoms with Gasteiger partial charge >= 0.3 is 0 Å². The Labute approximate surface area is 139 Å². The fourth-order valence-electron chi connectivity index (χ4n) is 2.13. The number of phenols is 1. The Kier molecular flexibility index (Phi) is 4.22. The van der Waals surface area contributed by atoms with Crippen molar-refractivity contribution in [1.82, 2.24) is 10.1 Å². The normalized spacial score (nSPS) is 11.4. The van der Waals surface area contributed by atoms with Crippen molar-refractivity contribution in [3.63, 3.8) is 0 Å². The summed E-state index contributed by atoms with van der Waals surface area (Å²) < 4.78 is 30.0. The molecule has 124 valence electrons. The van der Waals surface area contributed by atoms with E-state index in [1.54, 1.807) is 48.5 Å². The van der Waals surface area contributed by atoms with Crippen molar-refractivity contribution in [3.05, 3.63) is 60.0 Å². The monoisotopic (exact) mass is 345 g/mol. The molecule has 0 atom stereocenters. The molecule has 0 aliphatic carbocycles. The quantitative estimate of drug-likeness (QED) is 0.735. The lowest BCUT2D eigenvalue weighted by molar-refractivity contribution is 0.385. The van der Waals surface area contributed by atoms with Gasteiger partial charge in [0.25, 0.3) is 0 Å². The van der Waals surface area contributed by atoms with Gasteiger partial charge in [-0.15, -0.1) is 0 Å². The smallest absolute Gasteiger partial charge is 0.231 e. The van der Waals surface area contributed by atoms with E-state index < -0.39 is 10.0 Å². The first-order chi connectivity index (χ1) is 11.4. The second-order valence-corrected chi connectivity index (χ2v) is 7.05. The number of rotatable bonds is 5. The molecule has 0 saturated heterocycles. The topological polar surface area (TPSA) is 105 Å². The van der Waals surface area contributed by atoms with Crippen molar-refractivity contribution in [2.75, 3.05) is 11.0 Å². The molecule has 2 aromatic carbocycles. The van der Waals surface area contributed by atoms with Gasteiger partial charge in [0.2, 0.25) is 21.7 Å². The Bertz CT molecular complexity index is 932. The molecule has 1 heterocycles. The van der Waals surface area contributed by atoms with E-state index in [9.17, 15) is 13.5 Å². The highest BCUT2D eigenvalue weighted by atomic mass is 32.2. The van der Waals surface area contributed by atoms with Crippen molar-refractivity contribution < 1.29 is 18.0 Å². The zero-order valence-electron chi connectivity index (χ0n) is 12.8. The van der Waals surface area contributed by atoms with Crippen molar-refractivity contribution in [3.8, 4) is 17.1 Å². The predicted octanol–water partition coefficient (Wildman–Crippen LogP) is 2.40. The molecule has 3 aromatic rings. The Hall–Kier alpha value is -2.87. The maximum absolute atomic E-state index is 11.2. The lowest BCUT2D eigenvalue weighted by Crippen LogP contribution is -2.09. The van der Waals surface area contributed by atoms with Crippen LogP contribution in [0.2, 0.25) is 0 Å². The molecule has 24 heavy (non-hydrogen) atoms. The van der Waals surface area contributed by atoms with Gasteiger partial charge in [0.1, 0.15) is 5.75 Å². The number of anilines is 1. The molecule has 0 amide bonds. The average Bonchev–Trinajstić information content (AvgIpc) is 2.97. The van der Waals surface area contributed by atoms with Gasteiger partial charge in [-0.25, -0.2) is 8.42 Å². The Balaban J connectivity index is 1.74. The third-order valence-corrected chi connectivity index (χ3v) is 3.81. The minimum Gasteiger partial charge on any atom is -0.508 e. The van der Waals surface area contributed by atoms with Gasteiger partial charge in [0, 0.05) is 11.3 Å². The standard InChI is InChI=1S/C16H15N3O4S/c1-24(21,22)19-13-6-4-12(5-7-13)16-17-15(23-18-16)10-11-2-8-14(20)9-3-11/h2-9,19-20H,10H2,1H3. The van der Waals surface area contributed by atoms with Crippen molar-refractivity contribution >= 4 is 15.7 Å². The summed E-state index contributed by atoms with van der Waals surface area (Å²) in [5, 5.41) is 13.2. The number of aromatic hydroxyl groups is 1. The highest BCUT2D eigenvalue weighted by Gasteiger charge is 2.10. The zero-order valence-corrected chi connectivity index (χ0v) is 13.6. The summed E-state index contributed by atoms with van der Waals surface area (Å²) in [4.78, 5) is 4.32. The predicted molar refractivity (Wildman–Crippen MR) is 89.1 cm³/mol. The van der Waals surface area contributed by atoms with Crippen LogP contribution in [-0.2, 0) is 16.4 Å². The summed E-state index contributed by atoms with van der Waals surface area (Å²) in [6.07, 6.45) is 1.55. The van der Waals surface area contributed by atoms with Crippen LogP contribution in [-0.4, -0.2) is 29.9 Å². The van der Waals surface area contributed by atoms with Gasteiger partial charge in [-0.3, -0.25) is 4.72 Å². The van der Waals surface area contributed by atoms with E-state index >= 15 is 0 Å². The van der Waals surface area contributed by atoms with E-state index in [0.717, 1.165) is 17.4 Å². The Morgan fingerprint density at radius 1 is 1.08 bits per heavy atom.